The lowest BCUT2D eigenvalue weighted by molar-refractivity contribution is 0.786. The van der Waals surface area contributed by atoms with Crippen LogP contribution in [0.3, 0.4) is 0 Å². The van der Waals surface area contributed by atoms with Gasteiger partial charge in [0.05, 0.1) is 5.41 Å². The number of fused-ring (bicyclic) bond motifs is 10. The Morgan fingerprint density at radius 1 is 0.455 bits per heavy atom. The molecule has 6 rings (SSSR count). The largest absolute Gasteiger partial charge is 0.143 e. The molecule has 168 valence electrons. The topological polar surface area (TPSA) is 0 Å². The highest BCUT2D eigenvalue weighted by Gasteiger charge is 2.51. The van der Waals surface area contributed by atoms with Crippen LogP contribution in [0.5, 0.6) is 0 Å². The monoisotopic (exact) mass is 468 g/mol. The van der Waals surface area contributed by atoms with Gasteiger partial charge in [-0.15, -0.1) is 25.3 Å². The second-order valence-electron chi connectivity index (χ2n) is 8.31. The Labute approximate surface area is 209 Å². The summed E-state index contributed by atoms with van der Waals surface area (Å²) in [5, 5.41) is 0. The normalized spacial score (nSPS) is 13.1. The van der Waals surface area contributed by atoms with E-state index in [9.17, 15) is 0 Å². The van der Waals surface area contributed by atoms with E-state index in [1.807, 2.05) is 27.7 Å². The van der Waals surface area contributed by atoms with Crippen molar-refractivity contribution in [3.05, 3.63) is 106 Å². The Bertz CT molecular complexity index is 1140. The molecule has 0 fully saturated rings. The van der Waals surface area contributed by atoms with E-state index in [1.54, 1.807) is 0 Å². The van der Waals surface area contributed by atoms with E-state index in [2.05, 4.69) is 86.6 Å². The number of benzene rings is 4. The van der Waals surface area contributed by atoms with E-state index in [0.29, 0.717) is 0 Å². The van der Waals surface area contributed by atoms with Crippen LogP contribution in [0, 0.1) is 13.8 Å². The lowest BCUT2D eigenvalue weighted by Crippen LogP contribution is -2.26. The third-order valence-corrected chi connectivity index (χ3v) is 7.11. The molecule has 0 radical (unpaired) electrons. The van der Waals surface area contributed by atoms with Gasteiger partial charge in [-0.05, 0) is 82.6 Å². The van der Waals surface area contributed by atoms with Crippen LogP contribution in [0.15, 0.2) is 82.6 Å². The fourth-order valence-electron chi connectivity index (χ4n) is 5.43. The van der Waals surface area contributed by atoms with Crippen molar-refractivity contribution in [2.45, 2.75) is 56.7 Å². The molecule has 4 aromatic rings. The third kappa shape index (κ3) is 3.38. The van der Waals surface area contributed by atoms with E-state index in [-0.39, 0.29) is 5.41 Å². The Hall–Kier alpha value is -2.42. The second kappa shape index (κ2) is 9.08. The first-order chi connectivity index (χ1) is 16.0. The molecule has 0 atom stereocenters. The van der Waals surface area contributed by atoms with Gasteiger partial charge < -0.3 is 0 Å². The molecule has 0 heterocycles. The molecular weight excluding hydrogens is 436 g/mol. The molecule has 0 unspecified atom stereocenters. The summed E-state index contributed by atoms with van der Waals surface area (Å²) in [6, 6.07) is 27.0. The number of thiol groups is 2. The summed E-state index contributed by atoms with van der Waals surface area (Å²) in [5.41, 5.74) is 12.9. The minimum Gasteiger partial charge on any atom is -0.143 e. The summed E-state index contributed by atoms with van der Waals surface area (Å²) < 4.78 is 0. The third-order valence-electron chi connectivity index (χ3n) is 6.55. The van der Waals surface area contributed by atoms with Crippen molar-refractivity contribution >= 4 is 25.3 Å². The molecule has 2 aliphatic rings. The Morgan fingerprint density at radius 3 is 1.12 bits per heavy atom. The van der Waals surface area contributed by atoms with Crippen LogP contribution in [0.2, 0.25) is 0 Å². The molecule has 0 bridgehead atoms. The molecule has 4 aromatic carbocycles. The van der Waals surface area contributed by atoms with E-state index in [0.717, 1.165) is 9.79 Å². The smallest absolute Gasteiger partial charge is 0.0726 e. The molecule has 0 N–H and O–H groups in total. The zero-order valence-corrected chi connectivity index (χ0v) is 22.1. The Kier molecular flexibility index (Phi) is 6.53. The van der Waals surface area contributed by atoms with Crippen molar-refractivity contribution < 1.29 is 0 Å². The predicted octanol–water partition coefficient (Wildman–Crippen LogP) is 9.28. The van der Waals surface area contributed by atoms with Crippen LogP contribution in [0.1, 0.15) is 61.1 Å². The van der Waals surface area contributed by atoms with Crippen molar-refractivity contribution in [2.24, 2.45) is 0 Å². The summed E-state index contributed by atoms with van der Waals surface area (Å²) in [5.74, 6) is 0. The minimum absolute atomic E-state index is 0.315. The number of aryl methyl sites for hydroxylation is 2. The Morgan fingerprint density at radius 2 is 0.758 bits per heavy atom. The molecule has 0 amide bonds. The molecule has 0 saturated heterocycles. The maximum atomic E-state index is 4.72. The van der Waals surface area contributed by atoms with Gasteiger partial charge in [0.2, 0.25) is 0 Å². The fraction of sp³-hybridized carbons (Fsp3) is 0.226. The molecular formula is C31H32S2. The van der Waals surface area contributed by atoms with Crippen LogP contribution in [0.25, 0.3) is 22.3 Å². The van der Waals surface area contributed by atoms with Crippen LogP contribution in [-0.2, 0) is 5.41 Å². The van der Waals surface area contributed by atoms with Gasteiger partial charge in [-0.1, -0.05) is 87.4 Å². The summed E-state index contributed by atoms with van der Waals surface area (Å²) in [4.78, 5) is 2.00. The first kappa shape index (κ1) is 23.7. The van der Waals surface area contributed by atoms with Crippen molar-refractivity contribution in [1.29, 1.82) is 0 Å². The van der Waals surface area contributed by atoms with E-state index >= 15 is 0 Å². The average molecular weight is 469 g/mol. The molecule has 0 saturated carbocycles. The lowest BCUT2D eigenvalue weighted by Gasteiger charge is -2.31. The standard InChI is InChI=1S/C27H20S2.2C2H6/c1-15-3-7-19-21-9-5-17(28)13-25(21)27(23(19)11-15)24-12-16(2)4-8-20(24)22-10-6-18(29)14-26(22)27;2*1-2/h3-14,28-29H,1-2H3;2*1-2H3. The fourth-order valence-corrected chi connectivity index (χ4v) is 5.84. The maximum absolute atomic E-state index is 4.72. The number of hydrogen-bond acceptors (Lipinski definition) is 2. The highest BCUT2D eigenvalue weighted by Crippen LogP contribution is 2.63. The highest BCUT2D eigenvalue weighted by molar-refractivity contribution is 7.80. The zero-order chi connectivity index (χ0) is 23.9. The van der Waals surface area contributed by atoms with Gasteiger partial charge in [0.25, 0.3) is 0 Å². The maximum Gasteiger partial charge on any atom is 0.0726 e. The molecule has 2 heteroatoms. The van der Waals surface area contributed by atoms with Gasteiger partial charge in [-0.3, -0.25) is 0 Å². The van der Waals surface area contributed by atoms with Gasteiger partial charge in [0.15, 0.2) is 0 Å². The summed E-state index contributed by atoms with van der Waals surface area (Å²) in [6.07, 6.45) is 0. The quantitative estimate of drug-likeness (QED) is 0.204. The van der Waals surface area contributed by atoms with Crippen LogP contribution >= 0.6 is 25.3 Å². The van der Waals surface area contributed by atoms with Crippen LogP contribution in [0.4, 0.5) is 0 Å². The van der Waals surface area contributed by atoms with Gasteiger partial charge in [-0.2, -0.15) is 0 Å². The minimum atomic E-state index is -0.315. The van der Waals surface area contributed by atoms with E-state index in [4.69, 9.17) is 25.3 Å². The molecule has 0 aromatic heterocycles. The summed E-state index contributed by atoms with van der Waals surface area (Å²) in [6.45, 7) is 12.4. The molecule has 33 heavy (non-hydrogen) atoms. The van der Waals surface area contributed by atoms with E-state index in [1.165, 1.54) is 55.6 Å². The first-order valence-electron chi connectivity index (χ1n) is 11.9. The molecule has 2 aliphatic carbocycles. The lowest BCUT2D eigenvalue weighted by atomic mass is 9.70. The summed E-state index contributed by atoms with van der Waals surface area (Å²) in [7, 11) is 0. The zero-order valence-electron chi connectivity index (χ0n) is 20.3. The second-order valence-corrected chi connectivity index (χ2v) is 9.34. The van der Waals surface area contributed by atoms with Gasteiger partial charge in [0, 0.05) is 9.79 Å². The van der Waals surface area contributed by atoms with E-state index < -0.39 is 0 Å². The molecule has 0 nitrogen and oxygen atoms in total. The van der Waals surface area contributed by atoms with Crippen LogP contribution in [-0.4, -0.2) is 0 Å². The number of rotatable bonds is 0. The Balaban J connectivity index is 0.000000617. The van der Waals surface area contributed by atoms with Crippen molar-refractivity contribution in [3.8, 4) is 22.3 Å². The van der Waals surface area contributed by atoms with Gasteiger partial charge in [0.1, 0.15) is 0 Å². The van der Waals surface area contributed by atoms with Crippen LogP contribution < -0.4 is 0 Å². The molecule has 1 spiro atoms. The van der Waals surface area contributed by atoms with Crippen molar-refractivity contribution in [3.63, 3.8) is 0 Å². The van der Waals surface area contributed by atoms with Crippen molar-refractivity contribution in [2.75, 3.05) is 0 Å². The van der Waals surface area contributed by atoms with Gasteiger partial charge >= 0.3 is 0 Å². The van der Waals surface area contributed by atoms with Crippen molar-refractivity contribution in [1.82, 2.24) is 0 Å². The summed E-state index contributed by atoms with van der Waals surface area (Å²) >= 11 is 9.45. The predicted molar refractivity (Wildman–Crippen MR) is 149 cm³/mol. The highest BCUT2D eigenvalue weighted by atomic mass is 32.1. The first-order valence-corrected chi connectivity index (χ1v) is 12.8. The van der Waals surface area contributed by atoms with Gasteiger partial charge in [-0.25, -0.2) is 0 Å². The average Bonchev–Trinajstić information content (AvgIpc) is 3.26. The molecule has 0 aliphatic heterocycles. The number of hydrogen-bond donors (Lipinski definition) is 2. The SMILES string of the molecule is CC.CC.Cc1ccc2c(c1)C1(c3cc(C)ccc3-c3ccc(S)cc31)c1cc(S)ccc1-2.